The molecule has 2 heteroatoms. The summed E-state index contributed by atoms with van der Waals surface area (Å²) in [5, 5.41) is 12.3. The minimum Gasteiger partial charge on any atom is -0.456 e. The van der Waals surface area contributed by atoms with Crippen LogP contribution >= 0.6 is 0 Å². The molecule has 2 nitrogen and oxygen atoms in total. The Morgan fingerprint density at radius 2 is 0.889 bits per heavy atom. The van der Waals surface area contributed by atoms with E-state index in [1.165, 1.54) is 59.8 Å². The highest BCUT2D eigenvalue weighted by Crippen LogP contribution is 2.47. The molecule has 0 atom stereocenters. The summed E-state index contributed by atoms with van der Waals surface area (Å²) in [4.78, 5) is 2.41. The second-order valence-corrected chi connectivity index (χ2v) is 14.1. The van der Waals surface area contributed by atoms with Crippen LogP contribution in [-0.4, -0.2) is 0 Å². The number of para-hydroxylation sites is 2. The van der Waals surface area contributed by atoms with Crippen LogP contribution in [0.15, 0.2) is 205 Å². The molecule has 252 valence electrons. The van der Waals surface area contributed by atoms with Crippen LogP contribution in [0.3, 0.4) is 0 Å². The maximum absolute atomic E-state index is 6.44. The predicted molar refractivity (Wildman–Crippen MR) is 229 cm³/mol. The molecule has 11 aromatic rings. The van der Waals surface area contributed by atoms with E-state index in [9.17, 15) is 0 Å². The van der Waals surface area contributed by atoms with Gasteiger partial charge in [0.25, 0.3) is 0 Å². The molecule has 0 radical (unpaired) electrons. The van der Waals surface area contributed by atoms with Gasteiger partial charge in [-0.25, -0.2) is 0 Å². The molecule has 10 aromatic carbocycles. The summed E-state index contributed by atoms with van der Waals surface area (Å²) >= 11 is 0. The van der Waals surface area contributed by atoms with Crippen molar-refractivity contribution in [3.05, 3.63) is 200 Å². The maximum atomic E-state index is 6.44. The molecule has 1 heterocycles. The van der Waals surface area contributed by atoms with Crippen molar-refractivity contribution in [1.82, 2.24) is 0 Å². The van der Waals surface area contributed by atoms with Crippen LogP contribution in [0.4, 0.5) is 17.1 Å². The highest BCUT2D eigenvalue weighted by Gasteiger charge is 2.22. The van der Waals surface area contributed by atoms with Crippen LogP contribution in [0.25, 0.3) is 87.3 Å². The third-order valence-electron chi connectivity index (χ3n) is 11.0. The largest absolute Gasteiger partial charge is 0.456 e. The Hall–Kier alpha value is -7.16. The molecule has 0 bridgehead atoms. The third-order valence-corrected chi connectivity index (χ3v) is 11.0. The first-order chi connectivity index (χ1) is 26.8. The van der Waals surface area contributed by atoms with Crippen LogP contribution < -0.4 is 4.90 Å². The number of furan rings is 1. The molecule has 0 aliphatic carbocycles. The molecule has 0 amide bonds. The van der Waals surface area contributed by atoms with Gasteiger partial charge in [0.15, 0.2) is 0 Å². The van der Waals surface area contributed by atoms with E-state index >= 15 is 0 Å². The number of rotatable bonds is 5. The first-order valence-electron chi connectivity index (χ1n) is 18.5. The van der Waals surface area contributed by atoms with E-state index < -0.39 is 0 Å². The molecular weight excluding hydrogens is 655 g/mol. The molecule has 0 saturated carbocycles. The van der Waals surface area contributed by atoms with Gasteiger partial charge in [0, 0.05) is 16.6 Å². The fraction of sp³-hybridized carbons (Fsp3) is 0. The van der Waals surface area contributed by atoms with Crippen molar-refractivity contribution in [2.75, 3.05) is 4.90 Å². The number of hydrogen-bond donors (Lipinski definition) is 0. The molecule has 54 heavy (non-hydrogen) atoms. The zero-order chi connectivity index (χ0) is 35.6. The predicted octanol–water partition coefficient (Wildman–Crippen LogP) is 15.0. The topological polar surface area (TPSA) is 16.4 Å². The van der Waals surface area contributed by atoms with E-state index in [0.717, 1.165) is 44.6 Å². The van der Waals surface area contributed by atoms with E-state index in [-0.39, 0.29) is 0 Å². The van der Waals surface area contributed by atoms with Gasteiger partial charge in [-0.15, -0.1) is 0 Å². The molecule has 0 spiro atoms. The highest BCUT2D eigenvalue weighted by atomic mass is 16.3. The number of benzene rings is 10. The fourth-order valence-electron chi connectivity index (χ4n) is 8.53. The van der Waals surface area contributed by atoms with E-state index in [4.69, 9.17) is 4.42 Å². The zero-order valence-corrected chi connectivity index (χ0v) is 29.4. The van der Waals surface area contributed by atoms with Crippen molar-refractivity contribution in [2.45, 2.75) is 0 Å². The van der Waals surface area contributed by atoms with E-state index in [1.54, 1.807) is 0 Å². The summed E-state index contributed by atoms with van der Waals surface area (Å²) in [6.07, 6.45) is 0. The summed E-state index contributed by atoms with van der Waals surface area (Å²) in [6, 6.07) is 72.3. The Morgan fingerprint density at radius 1 is 0.315 bits per heavy atom. The van der Waals surface area contributed by atoms with Gasteiger partial charge in [-0.2, -0.15) is 0 Å². The lowest BCUT2D eigenvalue weighted by molar-refractivity contribution is 0.669. The Bertz CT molecular complexity index is 3230. The lowest BCUT2D eigenvalue weighted by atomic mass is 9.93. The SMILES string of the molecule is c1ccc(N(c2ccc(-c3cc4ccccc4c4ccccc34)cc2)c2cccc3oc4ccccc4c23)c(-c2ccc3c(ccc4ccccc43)c2)c1. The van der Waals surface area contributed by atoms with Crippen molar-refractivity contribution in [3.63, 3.8) is 0 Å². The minimum absolute atomic E-state index is 0.869. The Balaban J connectivity index is 1.12. The smallest absolute Gasteiger partial charge is 0.137 e. The maximum Gasteiger partial charge on any atom is 0.137 e. The van der Waals surface area contributed by atoms with Gasteiger partial charge in [-0.05, 0) is 108 Å². The van der Waals surface area contributed by atoms with E-state index in [1.807, 2.05) is 6.07 Å². The van der Waals surface area contributed by atoms with Crippen molar-refractivity contribution in [3.8, 4) is 22.3 Å². The number of anilines is 3. The van der Waals surface area contributed by atoms with Crippen LogP contribution in [0, 0.1) is 0 Å². The second kappa shape index (κ2) is 12.2. The van der Waals surface area contributed by atoms with E-state index in [0.29, 0.717) is 0 Å². The van der Waals surface area contributed by atoms with Gasteiger partial charge in [-0.3, -0.25) is 0 Å². The molecule has 0 unspecified atom stereocenters. The van der Waals surface area contributed by atoms with Gasteiger partial charge in [0.2, 0.25) is 0 Å². The second-order valence-electron chi connectivity index (χ2n) is 14.1. The van der Waals surface area contributed by atoms with Gasteiger partial charge >= 0.3 is 0 Å². The molecular formula is C52H33NO. The highest BCUT2D eigenvalue weighted by molar-refractivity contribution is 6.15. The Morgan fingerprint density at radius 3 is 1.74 bits per heavy atom. The molecule has 0 aliphatic heterocycles. The van der Waals surface area contributed by atoms with Gasteiger partial charge < -0.3 is 9.32 Å². The van der Waals surface area contributed by atoms with Gasteiger partial charge in [-0.1, -0.05) is 152 Å². The summed E-state index contributed by atoms with van der Waals surface area (Å²) in [5.74, 6) is 0. The number of fused-ring (bicyclic) bond motifs is 9. The van der Waals surface area contributed by atoms with Crippen LogP contribution in [0.1, 0.15) is 0 Å². The first-order valence-corrected chi connectivity index (χ1v) is 18.5. The third kappa shape index (κ3) is 4.81. The van der Waals surface area contributed by atoms with Crippen LogP contribution in [0.5, 0.6) is 0 Å². The minimum atomic E-state index is 0.869. The average Bonchev–Trinajstić information content (AvgIpc) is 3.63. The van der Waals surface area contributed by atoms with Crippen molar-refractivity contribution >= 4 is 82.1 Å². The monoisotopic (exact) mass is 687 g/mol. The Labute approximate surface area is 312 Å². The molecule has 1 aromatic heterocycles. The standard InChI is InChI=1S/C52H33NO/c1-3-14-40-34(12-1)24-25-37-32-38(28-31-42(37)40)43-16-7-9-20-48(43)53(49-21-11-23-51-52(49)46-19-8-10-22-50(46)54-51)39-29-26-35(27-30-39)47-33-36-13-2-4-15-41(36)44-17-5-6-18-45(44)47/h1-33H. The summed E-state index contributed by atoms with van der Waals surface area (Å²) in [5.41, 5.74) is 9.73. The van der Waals surface area contributed by atoms with Crippen LogP contribution in [-0.2, 0) is 0 Å². The quantitative estimate of drug-likeness (QED) is 0.168. The fourth-order valence-corrected chi connectivity index (χ4v) is 8.53. The number of hydrogen-bond acceptors (Lipinski definition) is 2. The summed E-state index contributed by atoms with van der Waals surface area (Å²) in [6.45, 7) is 0. The Kier molecular flexibility index (Phi) is 6.90. The van der Waals surface area contributed by atoms with E-state index in [2.05, 4.69) is 199 Å². The molecule has 0 saturated heterocycles. The first kappa shape index (κ1) is 30.5. The number of nitrogens with zero attached hydrogens (tertiary/aromatic N) is 1. The summed E-state index contributed by atoms with van der Waals surface area (Å²) < 4.78 is 6.44. The van der Waals surface area contributed by atoms with Crippen molar-refractivity contribution in [2.24, 2.45) is 0 Å². The van der Waals surface area contributed by atoms with Gasteiger partial charge in [0.05, 0.1) is 16.8 Å². The molecule has 11 rings (SSSR count). The molecule has 0 aliphatic rings. The van der Waals surface area contributed by atoms with Crippen molar-refractivity contribution < 1.29 is 4.42 Å². The lowest BCUT2D eigenvalue weighted by Crippen LogP contribution is -2.11. The average molecular weight is 688 g/mol. The van der Waals surface area contributed by atoms with Crippen molar-refractivity contribution in [1.29, 1.82) is 0 Å². The van der Waals surface area contributed by atoms with Gasteiger partial charge in [0.1, 0.15) is 11.2 Å². The summed E-state index contributed by atoms with van der Waals surface area (Å²) in [7, 11) is 0. The normalized spacial score (nSPS) is 11.7. The lowest BCUT2D eigenvalue weighted by Gasteiger charge is -2.29. The molecule has 0 N–H and O–H groups in total. The molecule has 0 fully saturated rings. The van der Waals surface area contributed by atoms with Crippen LogP contribution in [0.2, 0.25) is 0 Å². The zero-order valence-electron chi connectivity index (χ0n) is 29.4.